The van der Waals surface area contributed by atoms with E-state index in [1.54, 1.807) is 10.4 Å². The number of nitrogens with zero attached hydrogens (tertiary/aromatic N) is 2. The maximum atomic E-state index is 13.6. The Morgan fingerprint density at radius 2 is 1.78 bits per heavy atom. The molecule has 2 aliphatic rings. The van der Waals surface area contributed by atoms with Crippen LogP contribution < -0.4 is 10.2 Å². The lowest BCUT2D eigenvalue weighted by molar-refractivity contribution is -0.142. The molecule has 0 unspecified atom stereocenters. The number of aliphatic hydroxyl groups excluding tert-OH is 1. The molecule has 3 N–H and O–H groups in total. The summed E-state index contributed by atoms with van der Waals surface area (Å²) >= 11 is 0. The average molecular weight is 552 g/mol. The van der Waals surface area contributed by atoms with E-state index in [4.69, 9.17) is 9.72 Å². The highest BCUT2D eigenvalue weighted by Crippen LogP contribution is 2.56. The van der Waals surface area contributed by atoms with Crippen LogP contribution in [0.3, 0.4) is 0 Å². The molecule has 3 atom stereocenters. The van der Waals surface area contributed by atoms with Crippen molar-refractivity contribution in [1.29, 1.82) is 0 Å². The molecule has 210 valence electrons. The number of pyridine rings is 1. The van der Waals surface area contributed by atoms with Crippen LogP contribution in [0.2, 0.25) is 0 Å². The van der Waals surface area contributed by atoms with Gasteiger partial charge < -0.3 is 14.7 Å². The van der Waals surface area contributed by atoms with E-state index in [2.05, 4.69) is 6.07 Å². The van der Waals surface area contributed by atoms with E-state index >= 15 is 0 Å². The molecule has 2 heterocycles. The number of ether oxygens (including phenoxy) is 1. The quantitative estimate of drug-likeness (QED) is 0.208. The third kappa shape index (κ3) is 5.28. The van der Waals surface area contributed by atoms with Crippen molar-refractivity contribution >= 4 is 22.7 Å². The Labute approximate surface area is 238 Å². The molecule has 1 aliphatic carbocycles. The summed E-state index contributed by atoms with van der Waals surface area (Å²) in [5, 5.41) is 20.0. The zero-order valence-electron chi connectivity index (χ0n) is 22.7. The Morgan fingerprint density at radius 1 is 1.02 bits per heavy atom. The van der Waals surface area contributed by atoms with Crippen LogP contribution in [0.15, 0.2) is 84.9 Å². The van der Waals surface area contributed by atoms with E-state index in [9.17, 15) is 19.9 Å². The Balaban J connectivity index is 1.19. The summed E-state index contributed by atoms with van der Waals surface area (Å²) in [4.78, 5) is 32.5. The van der Waals surface area contributed by atoms with Gasteiger partial charge in [-0.05, 0) is 55.5 Å². The topological polar surface area (TPSA) is 112 Å². The summed E-state index contributed by atoms with van der Waals surface area (Å²) in [7, 11) is 0. The number of hydrogen-bond donors (Lipinski definition) is 3. The number of fused-ring (bicyclic) bond motifs is 1. The normalized spacial score (nSPS) is 21.6. The lowest BCUT2D eigenvalue weighted by Gasteiger charge is -2.28. The van der Waals surface area contributed by atoms with E-state index in [1.807, 2.05) is 78.9 Å². The molecule has 0 radical (unpaired) electrons. The smallest absolute Gasteiger partial charge is 0.247 e. The number of para-hydroxylation sites is 1. The van der Waals surface area contributed by atoms with Crippen molar-refractivity contribution in [2.24, 2.45) is 11.3 Å². The molecular weight excluding hydrogens is 518 g/mol. The monoisotopic (exact) mass is 551 g/mol. The minimum atomic E-state index is -0.920. The van der Waals surface area contributed by atoms with Crippen LogP contribution in [-0.2, 0) is 22.6 Å². The van der Waals surface area contributed by atoms with Gasteiger partial charge in [0.25, 0.3) is 0 Å². The summed E-state index contributed by atoms with van der Waals surface area (Å²) in [6, 6.07) is 27.5. The van der Waals surface area contributed by atoms with Crippen LogP contribution in [-0.4, -0.2) is 51.2 Å². The number of carbonyl (C=O) groups excluding carboxylic acids is 2. The molecule has 0 bridgehead atoms. The van der Waals surface area contributed by atoms with Crippen LogP contribution in [0.1, 0.15) is 30.4 Å². The van der Waals surface area contributed by atoms with Gasteiger partial charge in [0.1, 0.15) is 12.4 Å². The maximum Gasteiger partial charge on any atom is 0.247 e. The first-order chi connectivity index (χ1) is 20.0. The van der Waals surface area contributed by atoms with Gasteiger partial charge in [-0.1, -0.05) is 60.7 Å². The number of hydrogen-bond acceptors (Lipinski definition) is 6. The lowest BCUT2D eigenvalue weighted by Crippen LogP contribution is -2.44. The predicted octanol–water partition coefficient (Wildman–Crippen LogP) is 4.52. The van der Waals surface area contributed by atoms with Gasteiger partial charge in [-0.2, -0.15) is 0 Å². The molecule has 0 spiro atoms. The standard InChI is InChI=1S/C33H33N3O5/c37-20-25-9-6-16-36(25)32(39)33(19-28(33)31(38)35-40)18-22-12-14-26(15-13-22)41-21-24-17-30(23-7-2-1-3-8-23)34-29-11-5-4-10-27(24)29/h1-5,7-8,10-15,17,25,28,37,40H,6,9,16,18-21H2,(H,35,38)/t25-,28-,33+/m1/s1. The van der Waals surface area contributed by atoms with Crippen molar-refractivity contribution in [3.8, 4) is 17.0 Å². The minimum Gasteiger partial charge on any atom is -0.489 e. The van der Waals surface area contributed by atoms with Gasteiger partial charge in [-0.25, -0.2) is 10.5 Å². The zero-order valence-corrected chi connectivity index (χ0v) is 22.7. The van der Waals surface area contributed by atoms with Crippen LogP contribution >= 0.6 is 0 Å². The highest BCUT2D eigenvalue weighted by atomic mass is 16.5. The third-order valence-corrected chi connectivity index (χ3v) is 8.49. The Hall–Kier alpha value is -4.27. The molecule has 8 heteroatoms. The third-order valence-electron chi connectivity index (χ3n) is 8.49. The number of amides is 2. The molecule has 2 amide bonds. The van der Waals surface area contributed by atoms with E-state index < -0.39 is 17.2 Å². The molecule has 1 saturated carbocycles. The Kier molecular flexibility index (Phi) is 7.43. The zero-order chi connectivity index (χ0) is 28.4. The number of likely N-dealkylation sites (tertiary alicyclic amines) is 1. The molecule has 8 nitrogen and oxygen atoms in total. The number of nitrogens with one attached hydrogen (secondary N) is 1. The van der Waals surface area contributed by atoms with Gasteiger partial charge in [0, 0.05) is 23.1 Å². The van der Waals surface area contributed by atoms with Gasteiger partial charge >= 0.3 is 0 Å². The maximum absolute atomic E-state index is 13.6. The van der Waals surface area contributed by atoms with E-state index in [0.29, 0.717) is 31.7 Å². The molecule has 3 aromatic carbocycles. The number of benzene rings is 3. The van der Waals surface area contributed by atoms with Crippen LogP contribution in [0.4, 0.5) is 0 Å². The Morgan fingerprint density at radius 3 is 2.54 bits per heavy atom. The van der Waals surface area contributed by atoms with E-state index in [-0.39, 0.29) is 18.6 Å². The number of hydroxylamine groups is 1. The predicted molar refractivity (Wildman–Crippen MR) is 154 cm³/mol. The second-order valence-corrected chi connectivity index (χ2v) is 11.0. The molecule has 4 aromatic rings. The highest BCUT2D eigenvalue weighted by Gasteiger charge is 2.64. The first-order valence-electron chi connectivity index (χ1n) is 14.0. The number of aliphatic hydroxyl groups is 1. The lowest BCUT2D eigenvalue weighted by atomic mass is 9.91. The van der Waals surface area contributed by atoms with Crippen molar-refractivity contribution in [1.82, 2.24) is 15.4 Å². The van der Waals surface area contributed by atoms with Crippen molar-refractivity contribution in [2.75, 3.05) is 13.2 Å². The molecule has 1 saturated heterocycles. The Bertz CT molecular complexity index is 1560. The second-order valence-electron chi connectivity index (χ2n) is 11.0. The van der Waals surface area contributed by atoms with Crippen LogP contribution in [0.25, 0.3) is 22.2 Å². The molecule has 1 aliphatic heterocycles. The second kappa shape index (κ2) is 11.3. The summed E-state index contributed by atoms with van der Waals surface area (Å²) < 4.78 is 6.20. The fourth-order valence-electron chi connectivity index (χ4n) is 6.17. The van der Waals surface area contributed by atoms with E-state index in [0.717, 1.165) is 46.1 Å². The molecule has 6 rings (SSSR count). The SMILES string of the molecule is O=C(NO)[C@H]1C[C@]1(Cc1ccc(OCc2cc(-c3ccccc3)nc3ccccc23)cc1)C(=O)N1CCC[C@@H]1CO. The van der Waals surface area contributed by atoms with Crippen molar-refractivity contribution in [3.05, 3.63) is 96.1 Å². The fourth-order valence-corrected chi connectivity index (χ4v) is 6.17. The average Bonchev–Trinajstić information content (AvgIpc) is 3.55. The summed E-state index contributed by atoms with van der Waals surface area (Å²) in [5.74, 6) is -0.578. The molecule has 2 fully saturated rings. The molecule has 1 aromatic heterocycles. The highest BCUT2D eigenvalue weighted by molar-refractivity contribution is 5.96. The molecule has 41 heavy (non-hydrogen) atoms. The van der Waals surface area contributed by atoms with Crippen LogP contribution in [0.5, 0.6) is 5.75 Å². The first kappa shape index (κ1) is 26.9. The van der Waals surface area contributed by atoms with Gasteiger partial charge in [0.15, 0.2) is 0 Å². The van der Waals surface area contributed by atoms with Gasteiger partial charge in [0.2, 0.25) is 11.8 Å². The fraction of sp³-hybridized carbons (Fsp3) is 0.303. The first-order valence-corrected chi connectivity index (χ1v) is 14.0. The van der Waals surface area contributed by atoms with Gasteiger partial charge in [-0.15, -0.1) is 0 Å². The largest absolute Gasteiger partial charge is 0.489 e. The summed E-state index contributed by atoms with van der Waals surface area (Å²) in [6.45, 7) is 0.840. The summed E-state index contributed by atoms with van der Waals surface area (Å²) in [6.07, 6.45) is 2.31. The van der Waals surface area contributed by atoms with Crippen LogP contribution in [0, 0.1) is 11.3 Å². The van der Waals surface area contributed by atoms with Gasteiger partial charge in [0.05, 0.1) is 35.2 Å². The van der Waals surface area contributed by atoms with E-state index in [1.165, 1.54) is 0 Å². The summed E-state index contributed by atoms with van der Waals surface area (Å²) in [5.41, 5.74) is 5.57. The van der Waals surface area contributed by atoms with Crippen molar-refractivity contribution in [3.63, 3.8) is 0 Å². The van der Waals surface area contributed by atoms with Crippen molar-refractivity contribution < 1.29 is 24.6 Å². The van der Waals surface area contributed by atoms with Crippen molar-refractivity contribution in [2.45, 2.75) is 38.3 Å². The number of aromatic nitrogens is 1. The molecular formula is C33H33N3O5. The van der Waals surface area contributed by atoms with Gasteiger partial charge in [-0.3, -0.25) is 14.8 Å². The number of carbonyl (C=O) groups is 2. The number of rotatable bonds is 9. The minimum absolute atomic E-state index is 0.0929.